The Morgan fingerprint density at radius 2 is 1.69 bits per heavy atom. The summed E-state index contributed by atoms with van der Waals surface area (Å²) in [5.41, 5.74) is 0. The third-order valence-electron chi connectivity index (χ3n) is 4.99. The molecule has 0 unspecified atom stereocenters. The first kappa shape index (κ1) is 19.4. The van der Waals surface area contributed by atoms with E-state index in [1.165, 1.54) is 30.7 Å². The van der Waals surface area contributed by atoms with Crippen LogP contribution >= 0.6 is 0 Å². The fraction of sp³-hybridized carbons (Fsp3) is 0.625. The first-order chi connectivity index (χ1) is 12.3. The van der Waals surface area contributed by atoms with Crippen molar-refractivity contribution in [3.8, 4) is 11.5 Å². The molecule has 2 aliphatic heterocycles. The fourth-order valence-corrected chi connectivity index (χ4v) is 6.70. The highest BCUT2D eigenvalue weighted by Crippen LogP contribution is 2.31. The third kappa shape index (κ3) is 3.83. The first-order valence-corrected chi connectivity index (χ1v) is 11.7. The molecule has 0 spiro atoms. The van der Waals surface area contributed by atoms with Crippen LogP contribution in [0.1, 0.15) is 6.42 Å². The van der Waals surface area contributed by atoms with Gasteiger partial charge in [0.15, 0.2) is 21.3 Å². The van der Waals surface area contributed by atoms with Gasteiger partial charge in [0.2, 0.25) is 10.0 Å². The fourth-order valence-electron chi connectivity index (χ4n) is 3.50. The summed E-state index contributed by atoms with van der Waals surface area (Å²) in [6.45, 7) is 1.75. The Labute approximate surface area is 154 Å². The van der Waals surface area contributed by atoms with Gasteiger partial charge in [-0.1, -0.05) is 0 Å². The monoisotopic (exact) mass is 404 g/mol. The number of piperazine rings is 1. The van der Waals surface area contributed by atoms with Crippen molar-refractivity contribution in [2.45, 2.75) is 17.4 Å². The summed E-state index contributed by atoms with van der Waals surface area (Å²) < 4.78 is 60.9. The quantitative estimate of drug-likeness (QED) is 0.692. The lowest BCUT2D eigenvalue weighted by Crippen LogP contribution is -2.52. The number of nitrogens with zero attached hydrogens (tertiary/aromatic N) is 2. The summed E-state index contributed by atoms with van der Waals surface area (Å²) in [5.74, 6) is 1.24. The van der Waals surface area contributed by atoms with Gasteiger partial charge < -0.3 is 9.47 Å². The molecule has 146 valence electrons. The smallest absolute Gasteiger partial charge is 0.243 e. The van der Waals surface area contributed by atoms with Crippen molar-refractivity contribution >= 4 is 19.9 Å². The number of hydrogen-bond acceptors (Lipinski definition) is 7. The number of hydrogen-bond donors (Lipinski definition) is 0. The Kier molecular flexibility index (Phi) is 5.48. The van der Waals surface area contributed by atoms with Gasteiger partial charge in [0.25, 0.3) is 0 Å². The van der Waals surface area contributed by atoms with E-state index in [0.717, 1.165) is 0 Å². The van der Waals surface area contributed by atoms with Gasteiger partial charge in [-0.2, -0.15) is 4.31 Å². The second-order valence-corrected chi connectivity index (χ2v) is 10.7. The van der Waals surface area contributed by atoms with E-state index in [4.69, 9.17) is 9.47 Å². The molecule has 26 heavy (non-hydrogen) atoms. The van der Waals surface area contributed by atoms with Gasteiger partial charge in [-0.25, -0.2) is 16.8 Å². The molecule has 2 aliphatic rings. The van der Waals surface area contributed by atoms with Crippen LogP contribution in [0.2, 0.25) is 0 Å². The van der Waals surface area contributed by atoms with Gasteiger partial charge in [0, 0.05) is 38.3 Å². The average Bonchev–Trinajstić information content (AvgIpc) is 3.01. The molecule has 1 aromatic rings. The van der Waals surface area contributed by atoms with E-state index in [9.17, 15) is 16.8 Å². The van der Waals surface area contributed by atoms with Gasteiger partial charge in [0.05, 0.1) is 30.6 Å². The predicted molar refractivity (Wildman–Crippen MR) is 96.9 cm³/mol. The summed E-state index contributed by atoms with van der Waals surface area (Å²) in [6, 6.07) is 4.55. The van der Waals surface area contributed by atoms with Crippen molar-refractivity contribution in [1.29, 1.82) is 0 Å². The summed E-state index contributed by atoms with van der Waals surface area (Å²) in [5, 5.41) is 0. The first-order valence-electron chi connectivity index (χ1n) is 8.43. The Morgan fingerprint density at radius 1 is 1.04 bits per heavy atom. The molecule has 0 saturated carbocycles. The van der Waals surface area contributed by atoms with Crippen LogP contribution in [0.3, 0.4) is 0 Å². The largest absolute Gasteiger partial charge is 0.493 e. The molecule has 0 aromatic heterocycles. The molecule has 0 amide bonds. The summed E-state index contributed by atoms with van der Waals surface area (Å²) in [6.07, 6.45) is 0.630. The SMILES string of the molecule is COc1ccc(S(=O)(=O)N2CCN([C@@H]3CCS(=O)(=O)C3)CC2)cc1OC. The normalized spacial score (nSPS) is 24.5. The molecule has 8 nitrogen and oxygen atoms in total. The van der Waals surface area contributed by atoms with Crippen molar-refractivity contribution in [2.75, 3.05) is 51.9 Å². The van der Waals surface area contributed by atoms with Crippen LogP contribution in [0.25, 0.3) is 0 Å². The molecular formula is C16H24N2O6S2. The molecule has 2 fully saturated rings. The van der Waals surface area contributed by atoms with Crippen molar-refractivity contribution in [3.63, 3.8) is 0 Å². The Morgan fingerprint density at radius 3 is 2.23 bits per heavy atom. The second-order valence-electron chi connectivity index (χ2n) is 6.51. The van der Waals surface area contributed by atoms with Crippen LogP contribution in [0.5, 0.6) is 11.5 Å². The van der Waals surface area contributed by atoms with E-state index in [2.05, 4.69) is 4.90 Å². The molecule has 2 heterocycles. The number of sulfone groups is 1. The highest BCUT2D eigenvalue weighted by atomic mass is 32.2. The van der Waals surface area contributed by atoms with E-state index in [0.29, 0.717) is 44.1 Å². The molecule has 0 aliphatic carbocycles. The number of rotatable bonds is 5. The van der Waals surface area contributed by atoms with Gasteiger partial charge in [-0.3, -0.25) is 4.90 Å². The number of methoxy groups -OCH3 is 2. The van der Waals surface area contributed by atoms with E-state index >= 15 is 0 Å². The standard InChI is InChI=1S/C16H24N2O6S2/c1-23-15-4-3-14(11-16(15)24-2)26(21,22)18-8-6-17(7-9-18)13-5-10-25(19,20)12-13/h3-4,11,13H,5-10,12H2,1-2H3/t13-/m1/s1. The third-order valence-corrected chi connectivity index (χ3v) is 8.64. The number of benzene rings is 1. The topological polar surface area (TPSA) is 93.2 Å². The van der Waals surface area contributed by atoms with Gasteiger partial charge in [-0.05, 0) is 18.6 Å². The van der Waals surface area contributed by atoms with Crippen molar-refractivity contribution in [1.82, 2.24) is 9.21 Å². The molecule has 0 N–H and O–H groups in total. The van der Waals surface area contributed by atoms with E-state index in [1.54, 1.807) is 6.07 Å². The van der Waals surface area contributed by atoms with Crippen LogP contribution < -0.4 is 9.47 Å². The predicted octanol–water partition coefficient (Wildman–Crippen LogP) is 0.197. The zero-order valence-electron chi connectivity index (χ0n) is 14.9. The lowest BCUT2D eigenvalue weighted by Gasteiger charge is -2.37. The van der Waals surface area contributed by atoms with Crippen LogP contribution in [0.15, 0.2) is 23.1 Å². The molecule has 1 atom stereocenters. The maximum atomic E-state index is 12.9. The number of ether oxygens (including phenoxy) is 2. The Balaban J connectivity index is 1.70. The average molecular weight is 405 g/mol. The molecule has 0 bridgehead atoms. The van der Waals surface area contributed by atoms with Crippen LogP contribution in [-0.4, -0.2) is 84.0 Å². The molecule has 10 heteroatoms. The molecule has 2 saturated heterocycles. The maximum absolute atomic E-state index is 12.9. The van der Waals surface area contributed by atoms with Crippen LogP contribution in [0.4, 0.5) is 0 Å². The molecule has 3 rings (SSSR count). The van der Waals surface area contributed by atoms with Crippen LogP contribution in [0, 0.1) is 0 Å². The minimum absolute atomic E-state index is 0.00549. The van der Waals surface area contributed by atoms with E-state index in [-0.39, 0.29) is 22.4 Å². The summed E-state index contributed by atoms with van der Waals surface area (Å²) in [4.78, 5) is 2.25. The zero-order chi connectivity index (χ0) is 18.9. The summed E-state index contributed by atoms with van der Waals surface area (Å²) >= 11 is 0. The van der Waals surface area contributed by atoms with Crippen molar-refractivity contribution in [3.05, 3.63) is 18.2 Å². The van der Waals surface area contributed by atoms with Crippen LogP contribution in [-0.2, 0) is 19.9 Å². The molecule has 0 radical (unpaired) electrons. The van der Waals surface area contributed by atoms with Gasteiger partial charge >= 0.3 is 0 Å². The van der Waals surface area contributed by atoms with Crippen molar-refractivity contribution < 1.29 is 26.3 Å². The highest BCUT2D eigenvalue weighted by Gasteiger charge is 2.36. The van der Waals surface area contributed by atoms with Gasteiger partial charge in [0.1, 0.15) is 0 Å². The lowest BCUT2D eigenvalue weighted by molar-refractivity contribution is 0.148. The Hall–Kier alpha value is -1.36. The maximum Gasteiger partial charge on any atom is 0.243 e. The second kappa shape index (κ2) is 7.34. The molecular weight excluding hydrogens is 380 g/mol. The molecule has 1 aromatic carbocycles. The highest BCUT2D eigenvalue weighted by molar-refractivity contribution is 7.91. The van der Waals surface area contributed by atoms with E-state index in [1.807, 2.05) is 0 Å². The van der Waals surface area contributed by atoms with Crippen molar-refractivity contribution in [2.24, 2.45) is 0 Å². The number of sulfonamides is 1. The Bertz CT molecular complexity index is 861. The van der Waals surface area contributed by atoms with E-state index < -0.39 is 19.9 Å². The minimum Gasteiger partial charge on any atom is -0.493 e. The lowest BCUT2D eigenvalue weighted by atomic mass is 10.2. The minimum atomic E-state index is -3.64. The van der Waals surface area contributed by atoms with Gasteiger partial charge in [-0.15, -0.1) is 0 Å². The summed E-state index contributed by atoms with van der Waals surface area (Å²) in [7, 11) is -3.62. The zero-order valence-corrected chi connectivity index (χ0v) is 16.6.